The van der Waals surface area contributed by atoms with E-state index in [0.29, 0.717) is 11.5 Å². The van der Waals surface area contributed by atoms with Gasteiger partial charge in [0, 0.05) is 0 Å². The third-order valence-corrected chi connectivity index (χ3v) is 3.98. The van der Waals surface area contributed by atoms with Crippen LogP contribution in [0.25, 0.3) is 0 Å². The standard InChI is InChI=1S/C20H26O3/c1-3-5-9-15-11-7-13-17(19(15)21)23-18-14-8-12-16(20(18)22)10-6-4-2/h7-8,11-14,21-22H,3-6,9-10H2,1-2H3. The van der Waals surface area contributed by atoms with E-state index in [1.165, 1.54) is 0 Å². The maximum absolute atomic E-state index is 10.4. The van der Waals surface area contributed by atoms with Gasteiger partial charge in [0.25, 0.3) is 0 Å². The Hall–Kier alpha value is -2.16. The molecule has 0 fully saturated rings. The zero-order valence-corrected chi connectivity index (χ0v) is 14.0. The van der Waals surface area contributed by atoms with Crippen LogP contribution in [0, 0.1) is 0 Å². The molecule has 124 valence electrons. The third-order valence-electron chi connectivity index (χ3n) is 3.98. The molecule has 0 radical (unpaired) electrons. The van der Waals surface area contributed by atoms with Gasteiger partial charge in [0.1, 0.15) is 0 Å². The Morgan fingerprint density at radius 1 is 0.739 bits per heavy atom. The number of aryl methyl sites for hydroxylation is 2. The predicted molar refractivity (Wildman–Crippen MR) is 93.5 cm³/mol. The minimum atomic E-state index is 0.166. The van der Waals surface area contributed by atoms with E-state index in [4.69, 9.17) is 4.74 Å². The Kier molecular flexibility index (Phi) is 6.33. The van der Waals surface area contributed by atoms with Gasteiger partial charge in [-0.15, -0.1) is 0 Å². The van der Waals surface area contributed by atoms with Crippen molar-refractivity contribution >= 4 is 0 Å². The summed E-state index contributed by atoms with van der Waals surface area (Å²) >= 11 is 0. The van der Waals surface area contributed by atoms with Crippen molar-refractivity contribution in [3.63, 3.8) is 0 Å². The van der Waals surface area contributed by atoms with Gasteiger partial charge in [-0.25, -0.2) is 0 Å². The molecule has 0 bridgehead atoms. The largest absolute Gasteiger partial charge is 0.504 e. The summed E-state index contributed by atoms with van der Waals surface area (Å²) in [7, 11) is 0. The Labute approximate surface area is 138 Å². The van der Waals surface area contributed by atoms with Gasteiger partial charge in [-0.2, -0.15) is 0 Å². The molecule has 0 unspecified atom stereocenters. The highest BCUT2D eigenvalue weighted by Gasteiger charge is 2.13. The highest BCUT2D eigenvalue weighted by molar-refractivity contribution is 5.52. The molecule has 0 atom stereocenters. The van der Waals surface area contributed by atoms with Crippen LogP contribution in [0.5, 0.6) is 23.0 Å². The number of aromatic hydroxyl groups is 2. The molecule has 0 saturated heterocycles. The first-order chi connectivity index (χ1) is 11.2. The lowest BCUT2D eigenvalue weighted by Crippen LogP contribution is -1.93. The second-order valence-corrected chi connectivity index (χ2v) is 5.84. The lowest BCUT2D eigenvalue weighted by Gasteiger charge is -2.13. The number of unbranched alkanes of at least 4 members (excludes halogenated alkanes) is 2. The van der Waals surface area contributed by atoms with Crippen molar-refractivity contribution in [3.8, 4) is 23.0 Å². The van der Waals surface area contributed by atoms with Gasteiger partial charge < -0.3 is 14.9 Å². The van der Waals surface area contributed by atoms with Crippen molar-refractivity contribution in [1.29, 1.82) is 0 Å². The number of para-hydroxylation sites is 2. The van der Waals surface area contributed by atoms with Crippen LogP contribution in [0.15, 0.2) is 36.4 Å². The summed E-state index contributed by atoms with van der Waals surface area (Å²) < 4.78 is 5.78. The first-order valence-corrected chi connectivity index (χ1v) is 8.46. The Morgan fingerprint density at radius 3 is 1.57 bits per heavy atom. The SMILES string of the molecule is CCCCc1cccc(Oc2cccc(CCCC)c2O)c1O. The molecule has 2 N–H and O–H groups in total. The fourth-order valence-electron chi connectivity index (χ4n) is 2.56. The van der Waals surface area contributed by atoms with E-state index in [1.54, 1.807) is 12.1 Å². The summed E-state index contributed by atoms with van der Waals surface area (Å²) in [5.74, 6) is 1.11. The highest BCUT2D eigenvalue weighted by Crippen LogP contribution is 2.39. The van der Waals surface area contributed by atoms with E-state index in [0.717, 1.165) is 49.7 Å². The molecule has 0 saturated carbocycles. The summed E-state index contributed by atoms with van der Waals surface area (Å²) in [6, 6.07) is 11.0. The van der Waals surface area contributed by atoms with Crippen LogP contribution in [0.4, 0.5) is 0 Å². The summed E-state index contributed by atoms with van der Waals surface area (Å²) in [5, 5.41) is 20.7. The Morgan fingerprint density at radius 2 is 1.17 bits per heavy atom. The van der Waals surface area contributed by atoms with Gasteiger partial charge in [0.05, 0.1) is 0 Å². The molecule has 0 aliphatic heterocycles. The quantitative estimate of drug-likeness (QED) is 0.669. The maximum Gasteiger partial charge on any atom is 0.169 e. The normalized spacial score (nSPS) is 10.7. The number of phenols is 2. The summed E-state index contributed by atoms with van der Waals surface area (Å²) in [4.78, 5) is 0. The molecule has 0 aliphatic rings. The first kappa shape index (κ1) is 17.2. The molecule has 2 rings (SSSR count). The molecule has 2 aromatic rings. The number of phenolic OH excluding ortho intramolecular Hbond substituents is 2. The monoisotopic (exact) mass is 314 g/mol. The molecule has 0 amide bonds. The van der Waals surface area contributed by atoms with Crippen molar-refractivity contribution in [2.75, 3.05) is 0 Å². The Balaban J connectivity index is 2.22. The van der Waals surface area contributed by atoms with Gasteiger partial charge in [-0.3, -0.25) is 0 Å². The zero-order valence-electron chi connectivity index (χ0n) is 14.0. The van der Waals surface area contributed by atoms with Gasteiger partial charge in [0.2, 0.25) is 0 Å². The van der Waals surface area contributed by atoms with Crippen LogP contribution in [0.1, 0.15) is 50.7 Å². The highest BCUT2D eigenvalue weighted by atomic mass is 16.5. The number of benzene rings is 2. The van der Waals surface area contributed by atoms with Crippen LogP contribution in [-0.2, 0) is 12.8 Å². The maximum atomic E-state index is 10.4. The fraction of sp³-hybridized carbons (Fsp3) is 0.400. The van der Waals surface area contributed by atoms with Crippen LogP contribution in [-0.4, -0.2) is 10.2 Å². The average molecular weight is 314 g/mol. The molecular weight excluding hydrogens is 288 g/mol. The Bertz CT molecular complexity index is 579. The fourth-order valence-corrected chi connectivity index (χ4v) is 2.56. The van der Waals surface area contributed by atoms with Crippen molar-refractivity contribution < 1.29 is 14.9 Å². The lowest BCUT2D eigenvalue weighted by molar-refractivity contribution is 0.380. The topological polar surface area (TPSA) is 49.7 Å². The summed E-state index contributed by atoms with van der Waals surface area (Å²) in [5.41, 5.74) is 1.76. The molecule has 0 heterocycles. The van der Waals surface area contributed by atoms with Crippen molar-refractivity contribution in [3.05, 3.63) is 47.5 Å². The number of hydrogen-bond donors (Lipinski definition) is 2. The van der Waals surface area contributed by atoms with Crippen LogP contribution in [0.2, 0.25) is 0 Å². The molecule has 0 aliphatic carbocycles. The van der Waals surface area contributed by atoms with Gasteiger partial charge >= 0.3 is 0 Å². The van der Waals surface area contributed by atoms with Crippen LogP contribution >= 0.6 is 0 Å². The minimum Gasteiger partial charge on any atom is -0.504 e. The molecular formula is C20H26O3. The first-order valence-electron chi connectivity index (χ1n) is 8.46. The van der Waals surface area contributed by atoms with E-state index >= 15 is 0 Å². The summed E-state index contributed by atoms with van der Waals surface area (Å²) in [6.07, 6.45) is 5.84. The van der Waals surface area contributed by atoms with Crippen molar-refractivity contribution in [1.82, 2.24) is 0 Å². The average Bonchev–Trinajstić information content (AvgIpc) is 2.56. The van der Waals surface area contributed by atoms with Crippen LogP contribution in [0.3, 0.4) is 0 Å². The molecule has 2 aromatic carbocycles. The molecule has 3 nitrogen and oxygen atoms in total. The van der Waals surface area contributed by atoms with Gasteiger partial charge in [-0.1, -0.05) is 51.0 Å². The van der Waals surface area contributed by atoms with Crippen LogP contribution < -0.4 is 4.74 Å². The van der Waals surface area contributed by atoms with E-state index in [2.05, 4.69) is 13.8 Å². The summed E-state index contributed by atoms with van der Waals surface area (Å²) in [6.45, 7) is 4.24. The molecule has 23 heavy (non-hydrogen) atoms. The van der Waals surface area contributed by atoms with E-state index in [9.17, 15) is 10.2 Å². The smallest absolute Gasteiger partial charge is 0.169 e. The second-order valence-electron chi connectivity index (χ2n) is 5.84. The molecule has 0 spiro atoms. The van der Waals surface area contributed by atoms with E-state index in [1.807, 2.05) is 24.3 Å². The number of hydrogen-bond acceptors (Lipinski definition) is 3. The number of rotatable bonds is 8. The van der Waals surface area contributed by atoms with Crippen molar-refractivity contribution in [2.45, 2.75) is 52.4 Å². The number of ether oxygens (including phenoxy) is 1. The van der Waals surface area contributed by atoms with Gasteiger partial charge in [-0.05, 0) is 48.9 Å². The molecule has 3 heteroatoms. The van der Waals surface area contributed by atoms with Gasteiger partial charge in [0.15, 0.2) is 23.0 Å². The predicted octanol–water partition coefficient (Wildman–Crippen LogP) is 5.58. The van der Waals surface area contributed by atoms with E-state index < -0.39 is 0 Å². The van der Waals surface area contributed by atoms with Crippen molar-refractivity contribution in [2.24, 2.45) is 0 Å². The third kappa shape index (κ3) is 4.41. The zero-order chi connectivity index (χ0) is 16.7. The lowest BCUT2D eigenvalue weighted by atomic mass is 10.1. The molecule has 0 aromatic heterocycles. The minimum absolute atomic E-state index is 0.166. The van der Waals surface area contributed by atoms with E-state index in [-0.39, 0.29) is 11.5 Å². The second kappa shape index (κ2) is 8.47.